The molecule has 1 N–H and O–H groups in total. The third kappa shape index (κ3) is 4.01. The third-order valence-electron chi connectivity index (χ3n) is 5.25. The number of rotatable bonds is 5. The summed E-state index contributed by atoms with van der Waals surface area (Å²) in [6.45, 7) is 0. The van der Waals surface area contributed by atoms with Gasteiger partial charge in [-0.3, -0.25) is 19.5 Å². The van der Waals surface area contributed by atoms with Gasteiger partial charge in [-0.05, 0) is 35.9 Å². The number of Topliss-reactive ketones (excluding diaryl/α,β-unsaturated/α-hetero) is 1. The molecule has 0 saturated carbocycles. The lowest BCUT2D eigenvalue weighted by Gasteiger charge is -2.25. The van der Waals surface area contributed by atoms with Crippen molar-refractivity contribution in [2.24, 2.45) is 0 Å². The lowest BCUT2D eigenvalue weighted by atomic mass is 9.96. The summed E-state index contributed by atoms with van der Waals surface area (Å²) in [5.41, 5.74) is 1.01. The van der Waals surface area contributed by atoms with Crippen LogP contribution in [0.4, 0.5) is 5.69 Å². The van der Waals surface area contributed by atoms with E-state index in [4.69, 9.17) is 32.7 Å². The highest BCUT2D eigenvalue weighted by atomic mass is 35.5. The van der Waals surface area contributed by atoms with Crippen LogP contribution < -0.4 is 14.4 Å². The summed E-state index contributed by atoms with van der Waals surface area (Å²) in [4.78, 5) is 31.8. The lowest BCUT2D eigenvalue weighted by molar-refractivity contribution is -0.132. The zero-order chi connectivity index (χ0) is 23.7. The van der Waals surface area contributed by atoms with E-state index < -0.39 is 23.5 Å². The number of hydrogen-bond acceptors (Lipinski definition) is 6. The first-order valence-electron chi connectivity index (χ1n) is 9.75. The van der Waals surface area contributed by atoms with Crippen molar-refractivity contribution >= 4 is 46.3 Å². The van der Waals surface area contributed by atoms with Crippen LogP contribution >= 0.6 is 23.2 Å². The second kappa shape index (κ2) is 9.13. The second-order valence-corrected chi connectivity index (χ2v) is 7.94. The molecule has 9 heteroatoms. The molecule has 1 unspecified atom stereocenters. The molecule has 1 aromatic heterocycles. The number of ether oxygens (including phenoxy) is 2. The van der Waals surface area contributed by atoms with Gasteiger partial charge in [-0.1, -0.05) is 35.3 Å². The minimum Gasteiger partial charge on any atom is -0.507 e. The van der Waals surface area contributed by atoms with Gasteiger partial charge in [0.15, 0.2) is 5.75 Å². The summed E-state index contributed by atoms with van der Waals surface area (Å²) in [5.74, 6) is -1.33. The number of halogens is 2. The van der Waals surface area contributed by atoms with Crippen LogP contribution in [0.5, 0.6) is 11.5 Å². The van der Waals surface area contributed by atoms with Gasteiger partial charge in [0, 0.05) is 29.7 Å². The van der Waals surface area contributed by atoms with Crippen molar-refractivity contribution in [2.45, 2.75) is 6.04 Å². The number of hydrogen-bond donors (Lipinski definition) is 1. The van der Waals surface area contributed by atoms with Crippen LogP contribution in [-0.2, 0) is 9.59 Å². The largest absolute Gasteiger partial charge is 0.507 e. The molecule has 2 aromatic carbocycles. The minimum atomic E-state index is -0.939. The molecule has 1 atom stereocenters. The number of aliphatic hydroxyl groups excluding tert-OH is 1. The van der Waals surface area contributed by atoms with Gasteiger partial charge in [0.1, 0.15) is 11.5 Å². The summed E-state index contributed by atoms with van der Waals surface area (Å²) in [5, 5.41) is 11.5. The van der Waals surface area contributed by atoms with Crippen LogP contribution in [0.15, 0.2) is 66.5 Å². The maximum Gasteiger partial charge on any atom is 0.300 e. The van der Waals surface area contributed by atoms with Crippen molar-refractivity contribution < 1.29 is 24.2 Å². The Hall–Kier alpha value is -3.55. The number of benzene rings is 2. The van der Waals surface area contributed by atoms with Crippen molar-refractivity contribution in [3.63, 3.8) is 0 Å². The lowest BCUT2D eigenvalue weighted by Crippen LogP contribution is -2.29. The Labute approximate surface area is 199 Å². The molecule has 1 aliphatic rings. The summed E-state index contributed by atoms with van der Waals surface area (Å²) < 4.78 is 10.4. The number of carbonyl (C=O) groups excluding carboxylic acids is 2. The van der Waals surface area contributed by atoms with Crippen molar-refractivity contribution in [3.8, 4) is 11.5 Å². The van der Waals surface area contributed by atoms with E-state index in [-0.39, 0.29) is 26.9 Å². The van der Waals surface area contributed by atoms with Gasteiger partial charge in [0.2, 0.25) is 0 Å². The van der Waals surface area contributed by atoms with Crippen LogP contribution in [0.2, 0.25) is 10.0 Å². The zero-order valence-electron chi connectivity index (χ0n) is 17.6. The molecule has 0 spiro atoms. The number of aromatic nitrogens is 1. The van der Waals surface area contributed by atoms with Crippen molar-refractivity contribution in [1.82, 2.24) is 4.98 Å². The van der Waals surface area contributed by atoms with Gasteiger partial charge in [-0.2, -0.15) is 0 Å². The van der Waals surface area contributed by atoms with Gasteiger partial charge in [0.25, 0.3) is 11.7 Å². The average molecular weight is 485 g/mol. The Morgan fingerprint density at radius 1 is 1.03 bits per heavy atom. The molecule has 2 heterocycles. The molecule has 1 saturated heterocycles. The quantitative estimate of drug-likeness (QED) is 0.310. The molecular formula is C24H18Cl2N2O5. The van der Waals surface area contributed by atoms with E-state index in [1.54, 1.807) is 42.6 Å². The predicted octanol–water partition coefficient (Wildman–Crippen LogP) is 5.03. The maximum absolute atomic E-state index is 13.2. The standard InChI is InChI=1S/C24H18Cl2N2O5/c1-32-16-7-3-6-15(11-16)28-20(13-5-4-8-27-12-13)19(22(30)24(28)31)21(29)14-9-17(25)23(33-2)18(26)10-14/h3-12,20,29H,1-2H3/b21-19+. The van der Waals surface area contributed by atoms with Crippen LogP contribution in [0.3, 0.4) is 0 Å². The molecular weight excluding hydrogens is 467 g/mol. The Morgan fingerprint density at radius 2 is 1.76 bits per heavy atom. The highest BCUT2D eigenvalue weighted by molar-refractivity contribution is 6.51. The number of anilines is 1. The molecule has 0 radical (unpaired) electrons. The highest BCUT2D eigenvalue weighted by Gasteiger charge is 2.47. The second-order valence-electron chi connectivity index (χ2n) is 7.13. The Morgan fingerprint density at radius 3 is 2.36 bits per heavy atom. The monoisotopic (exact) mass is 484 g/mol. The Balaban J connectivity index is 1.95. The van der Waals surface area contributed by atoms with E-state index in [0.717, 1.165) is 0 Å². The summed E-state index contributed by atoms with van der Waals surface area (Å²) in [7, 11) is 2.91. The normalized spacial score (nSPS) is 17.3. The molecule has 168 valence electrons. The van der Waals surface area contributed by atoms with Gasteiger partial charge in [-0.25, -0.2) is 0 Å². The highest BCUT2D eigenvalue weighted by Crippen LogP contribution is 2.44. The molecule has 0 aliphatic carbocycles. The van der Waals surface area contributed by atoms with E-state index in [1.807, 2.05) is 0 Å². The van der Waals surface area contributed by atoms with Crippen LogP contribution in [0.25, 0.3) is 5.76 Å². The van der Waals surface area contributed by atoms with E-state index >= 15 is 0 Å². The number of ketones is 1. The Bertz CT molecular complexity index is 1250. The van der Waals surface area contributed by atoms with Crippen molar-refractivity contribution in [3.05, 3.63) is 87.7 Å². The Kier molecular flexibility index (Phi) is 6.26. The van der Waals surface area contributed by atoms with Crippen molar-refractivity contribution in [1.29, 1.82) is 0 Å². The molecule has 7 nitrogen and oxygen atoms in total. The van der Waals surface area contributed by atoms with E-state index in [1.165, 1.54) is 37.4 Å². The van der Waals surface area contributed by atoms with Gasteiger partial charge < -0.3 is 14.6 Å². The van der Waals surface area contributed by atoms with E-state index in [0.29, 0.717) is 17.0 Å². The third-order valence-corrected chi connectivity index (χ3v) is 5.81. The zero-order valence-corrected chi connectivity index (χ0v) is 19.1. The number of carbonyl (C=O) groups is 2. The summed E-state index contributed by atoms with van der Waals surface area (Å²) in [6.07, 6.45) is 3.11. The number of amides is 1. The number of methoxy groups -OCH3 is 2. The molecule has 1 amide bonds. The fraction of sp³-hybridized carbons (Fsp3) is 0.125. The van der Waals surface area contributed by atoms with Gasteiger partial charge in [0.05, 0.1) is 35.9 Å². The fourth-order valence-electron chi connectivity index (χ4n) is 3.76. The molecule has 0 bridgehead atoms. The molecule has 1 aliphatic heterocycles. The first-order valence-corrected chi connectivity index (χ1v) is 10.5. The average Bonchev–Trinajstić information content (AvgIpc) is 3.09. The number of aliphatic hydroxyl groups is 1. The summed E-state index contributed by atoms with van der Waals surface area (Å²) in [6, 6.07) is 12.0. The SMILES string of the molecule is COc1cccc(N2C(=O)C(=O)/C(=C(/O)c3cc(Cl)c(OC)c(Cl)c3)C2c2cccnc2)c1. The van der Waals surface area contributed by atoms with Crippen LogP contribution in [-0.4, -0.2) is 36.0 Å². The van der Waals surface area contributed by atoms with Crippen molar-refractivity contribution in [2.75, 3.05) is 19.1 Å². The van der Waals surface area contributed by atoms with Crippen LogP contribution in [0, 0.1) is 0 Å². The van der Waals surface area contributed by atoms with Gasteiger partial charge in [-0.15, -0.1) is 0 Å². The topological polar surface area (TPSA) is 89.0 Å². The summed E-state index contributed by atoms with van der Waals surface area (Å²) >= 11 is 12.5. The molecule has 4 rings (SSSR count). The predicted molar refractivity (Wildman–Crippen MR) is 125 cm³/mol. The molecule has 3 aromatic rings. The fourth-order valence-corrected chi connectivity index (χ4v) is 4.40. The maximum atomic E-state index is 13.2. The van der Waals surface area contributed by atoms with Gasteiger partial charge >= 0.3 is 0 Å². The first-order chi connectivity index (χ1) is 15.9. The smallest absolute Gasteiger partial charge is 0.300 e. The van der Waals surface area contributed by atoms with Crippen LogP contribution in [0.1, 0.15) is 17.2 Å². The minimum absolute atomic E-state index is 0.117. The number of nitrogens with zero attached hydrogens (tertiary/aromatic N) is 2. The molecule has 33 heavy (non-hydrogen) atoms. The first kappa shape index (κ1) is 22.6. The molecule has 1 fully saturated rings. The number of pyridine rings is 1. The van der Waals surface area contributed by atoms with E-state index in [9.17, 15) is 14.7 Å². The van der Waals surface area contributed by atoms with E-state index in [2.05, 4.69) is 4.98 Å².